The van der Waals surface area contributed by atoms with Crippen LogP contribution >= 0.6 is 11.6 Å². The van der Waals surface area contributed by atoms with Crippen LogP contribution in [0.4, 0.5) is 4.39 Å². The number of rotatable bonds is 7. The maximum absolute atomic E-state index is 12.8. The van der Waals surface area contributed by atoms with Gasteiger partial charge in [-0.3, -0.25) is 9.89 Å². The molecule has 1 aromatic heterocycles. The maximum Gasteiger partial charge on any atom is 0.356 e. The summed E-state index contributed by atoms with van der Waals surface area (Å²) in [7, 11) is 0. The molecule has 0 aliphatic carbocycles. The molecule has 0 fully saturated rings. The third-order valence-electron chi connectivity index (χ3n) is 3.92. The molecule has 0 atom stereocenters. The number of hydrogen-bond acceptors (Lipinski definition) is 4. The second-order valence-corrected chi connectivity index (χ2v) is 6.41. The van der Waals surface area contributed by atoms with Crippen molar-refractivity contribution in [2.75, 3.05) is 13.2 Å². The van der Waals surface area contributed by atoms with Gasteiger partial charge in [0, 0.05) is 17.1 Å². The number of halogens is 2. The number of benzene rings is 2. The van der Waals surface area contributed by atoms with Crippen LogP contribution in [-0.2, 0) is 16.0 Å². The van der Waals surface area contributed by atoms with E-state index in [0.29, 0.717) is 23.7 Å². The van der Waals surface area contributed by atoms with Crippen molar-refractivity contribution in [3.8, 4) is 11.3 Å². The Balaban J connectivity index is 1.44. The zero-order valence-corrected chi connectivity index (χ0v) is 15.5. The van der Waals surface area contributed by atoms with Gasteiger partial charge in [-0.1, -0.05) is 35.9 Å². The fourth-order valence-corrected chi connectivity index (χ4v) is 2.58. The Morgan fingerprint density at radius 2 is 1.82 bits per heavy atom. The second kappa shape index (κ2) is 9.14. The van der Waals surface area contributed by atoms with E-state index < -0.39 is 18.5 Å². The van der Waals surface area contributed by atoms with E-state index in [0.717, 1.165) is 11.1 Å². The molecule has 1 heterocycles. The van der Waals surface area contributed by atoms with Crippen molar-refractivity contribution in [2.45, 2.75) is 6.42 Å². The van der Waals surface area contributed by atoms with Crippen LogP contribution in [0.2, 0.25) is 5.02 Å². The lowest BCUT2D eigenvalue weighted by atomic mass is 10.1. The van der Waals surface area contributed by atoms with Crippen LogP contribution in [0, 0.1) is 5.82 Å². The van der Waals surface area contributed by atoms with Gasteiger partial charge in [0.05, 0.1) is 5.69 Å². The topological polar surface area (TPSA) is 84.1 Å². The summed E-state index contributed by atoms with van der Waals surface area (Å²) in [6.45, 7) is -0.0513. The lowest BCUT2D eigenvalue weighted by Crippen LogP contribution is -2.30. The van der Waals surface area contributed by atoms with Gasteiger partial charge in [-0.25, -0.2) is 9.18 Å². The minimum atomic E-state index is -0.679. The van der Waals surface area contributed by atoms with Crippen LogP contribution in [-0.4, -0.2) is 35.2 Å². The van der Waals surface area contributed by atoms with E-state index in [1.165, 1.54) is 18.2 Å². The van der Waals surface area contributed by atoms with Gasteiger partial charge in [0.15, 0.2) is 6.61 Å². The van der Waals surface area contributed by atoms with Gasteiger partial charge < -0.3 is 10.1 Å². The van der Waals surface area contributed by atoms with E-state index in [1.54, 1.807) is 36.4 Å². The molecule has 0 saturated heterocycles. The highest BCUT2D eigenvalue weighted by molar-refractivity contribution is 6.30. The number of nitrogens with one attached hydrogen (secondary N) is 2. The molecule has 8 heteroatoms. The third-order valence-corrected chi connectivity index (χ3v) is 4.17. The Bertz CT molecular complexity index is 956. The van der Waals surface area contributed by atoms with Crippen LogP contribution in [0.25, 0.3) is 11.3 Å². The van der Waals surface area contributed by atoms with Crippen molar-refractivity contribution in [1.82, 2.24) is 15.5 Å². The summed E-state index contributed by atoms with van der Waals surface area (Å²) < 4.78 is 17.8. The summed E-state index contributed by atoms with van der Waals surface area (Å²) in [4.78, 5) is 23.8. The summed E-state index contributed by atoms with van der Waals surface area (Å²) in [5, 5.41) is 9.89. The highest BCUT2D eigenvalue weighted by Gasteiger charge is 2.14. The van der Waals surface area contributed by atoms with Crippen molar-refractivity contribution in [2.24, 2.45) is 0 Å². The van der Waals surface area contributed by atoms with Crippen molar-refractivity contribution >= 4 is 23.5 Å². The number of aromatic nitrogens is 2. The summed E-state index contributed by atoms with van der Waals surface area (Å²) in [5.74, 6) is -1.41. The van der Waals surface area contributed by atoms with Crippen LogP contribution in [0.5, 0.6) is 0 Å². The molecule has 0 unspecified atom stereocenters. The Labute approximate surface area is 165 Å². The molecule has 3 aromatic rings. The molecule has 0 radical (unpaired) electrons. The fourth-order valence-electron chi connectivity index (χ4n) is 2.45. The van der Waals surface area contributed by atoms with Gasteiger partial charge in [-0.15, -0.1) is 0 Å². The van der Waals surface area contributed by atoms with Crippen molar-refractivity contribution in [1.29, 1.82) is 0 Å². The predicted molar refractivity (Wildman–Crippen MR) is 102 cm³/mol. The van der Waals surface area contributed by atoms with Gasteiger partial charge in [-0.05, 0) is 42.3 Å². The van der Waals surface area contributed by atoms with E-state index in [9.17, 15) is 14.0 Å². The minimum Gasteiger partial charge on any atom is -0.451 e. The molecular weight excluding hydrogens is 385 g/mol. The average molecular weight is 402 g/mol. The minimum absolute atomic E-state index is 0.143. The molecule has 0 aliphatic rings. The smallest absolute Gasteiger partial charge is 0.356 e. The molecule has 0 aliphatic heterocycles. The summed E-state index contributed by atoms with van der Waals surface area (Å²) in [6.07, 6.45) is 0.547. The third kappa shape index (κ3) is 5.40. The van der Waals surface area contributed by atoms with Gasteiger partial charge in [0.25, 0.3) is 5.91 Å². The molecule has 1 amide bonds. The first-order valence-corrected chi connectivity index (χ1v) is 8.88. The Morgan fingerprint density at radius 1 is 1.11 bits per heavy atom. The fraction of sp³-hybridized carbons (Fsp3) is 0.150. The molecule has 3 rings (SSSR count). The maximum atomic E-state index is 12.8. The number of carbonyl (C=O) groups excluding carboxylic acids is 2. The van der Waals surface area contributed by atoms with Gasteiger partial charge in [0.1, 0.15) is 11.5 Å². The highest BCUT2D eigenvalue weighted by atomic mass is 35.5. The number of carbonyl (C=O) groups is 2. The Morgan fingerprint density at radius 3 is 2.54 bits per heavy atom. The Kier molecular flexibility index (Phi) is 6.39. The van der Waals surface area contributed by atoms with E-state index >= 15 is 0 Å². The van der Waals surface area contributed by atoms with Crippen LogP contribution in [0.15, 0.2) is 54.6 Å². The molecule has 28 heavy (non-hydrogen) atoms. The van der Waals surface area contributed by atoms with E-state index in [-0.39, 0.29) is 11.5 Å². The second-order valence-electron chi connectivity index (χ2n) is 5.98. The quantitative estimate of drug-likeness (QED) is 0.594. The van der Waals surface area contributed by atoms with Gasteiger partial charge >= 0.3 is 5.97 Å². The van der Waals surface area contributed by atoms with E-state index in [4.69, 9.17) is 16.3 Å². The first-order valence-electron chi connectivity index (χ1n) is 8.51. The average Bonchev–Trinajstić information content (AvgIpc) is 3.18. The first-order chi connectivity index (χ1) is 13.5. The number of hydrogen-bond donors (Lipinski definition) is 2. The van der Waals surface area contributed by atoms with Crippen LogP contribution < -0.4 is 5.32 Å². The van der Waals surface area contributed by atoms with E-state index in [1.807, 2.05) is 0 Å². The molecule has 0 spiro atoms. The van der Waals surface area contributed by atoms with Gasteiger partial charge in [0.2, 0.25) is 0 Å². The molecule has 6 nitrogen and oxygen atoms in total. The van der Waals surface area contributed by atoms with Crippen molar-refractivity contribution < 1.29 is 18.7 Å². The first kappa shape index (κ1) is 19.6. The number of ether oxygens (including phenoxy) is 1. The summed E-state index contributed by atoms with van der Waals surface area (Å²) >= 11 is 5.85. The molecule has 2 N–H and O–H groups in total. The van der Waals surface area contributed by atoms with Crippen molar-refractivity contribution in [3.63, 3.8) is 0 Å². The zero-order valence-electron chi connectivity index (χ0n) is 14.7. The SMILES string of the molecule is O=C(COC(=O)c1cc(-c2ccc(Cl)cc2)n[nH]1)NCCc1ccc(F)cc1. The molecular formula is C20H17ClFN3O3. The normalized spacial score (nSPS) is 10.5. The molecule has 0 saturated carbocycles. The number of esters is 1. The van der Waals surface area contributed by atoms with E-state index in [2.05, 4.69) is 15.5 Å². The van der Waals surface area contributed by atoms with Crippen LogP contribution in [0.3, 0.4) is 0 Å². The van der Waals surface area contributed by atoms with Gasteiger partial charge in [-0.2, -0.15) is 5.10 Å². The monoisotopic (exact) mass is 401 g/mol. The lowest BCUT2D eigenvalue weighted by Gasteiger charge is -2.06. The zero-order chi connectivity index (χ0) is 19.9. The number of aromatic amines is 1. The largest absolute Gasteiger partial charge is 0.451 e. The number of nitrogens with zero attached hydrogens (tertiary/aromatic N) is 1. The summed E-state index contributed by atoms with van der Waals surface area (Å²) in [6, 6.07) is 14.6. The number of H-pyrrole nitrogens is 1. The molecule has 2 aromatic carbocycles. The molecule has 0 bridgehead atoms. The predicted octanol–water partition coefficient (Wildman–Crippen LogP) is 3.38. The van der Waals surface area contributed by atoms with Crippen molar-refractivity contribution in [3.05, 3.63) is 76.7 Å². The highest BCUT2D eigenvalue weighted by Crippen LogP contribution is 2.20. The molecule has 144 valence electrons. The standard InChI is InChI=1S/C20H17ClFN3O3/c21-15-5-3-14(4-6-15)17-11-18(25-24-17)20(27)28-12-19(26)23-10-9-13-1-7-16(22)8-2-13/h1-8,11H,9-10,12H2,(H,23,26)(H,24,25). The summed E-state index contributed by atoms with van der Waals surface area (Å²) in [5.41, 5.74) is 2.39. The van der Waals surface area contributed by atoms with Crippen LogP contribution in [0.1, 0.15) is 16.1 Å². The number of amides is 1. The lowest BCUT2D eigenvalue weighted by molar-refractivity contribution is -0.124. The Hall–Kier alpha value is -3.19.